The number of H-pyrrole nitrogens is 1. The first-order valence-corrected chi connectivity index (χ1v) is 11.5. The second-order valence-electron chi connectivity index (χ2n) is 8.93. The van der Waals surface area contributed by atoms with E-state index in [1.165, 1.54) is 0 Å². The smallest absolute Gasteiger partial charge is 0.253 e. The van der Waals surface area contributed by atoms with Gasteiger partial charge < -0.3 is 14.6 Å². The molecule has 1 aliphatic heterocycles. The Kier molecular flexibility index (Phi) is 6.12. The molecule has 1 fully saturated rings. The minimum absolute atomic E-state index is 0.110. The molecule has 9 nitrogen and oxygen atoms in total. The predicted molar refractivity (Wildman–Crippen MR) is 130 cm³/mol. The lowest BCUT2D eigenvalue weighted by Crippen LogP contribution is -2.47. The molecule has 9 heteroatoms. The zero-order valence-electron chi connectivity index (χ0n) is 19.7. The van der Waals surface area contributed by atoms with Crippen molar-refractivity contribution in [2.75, 3.05) is 40.3 Å². The van der Waals surface area contributed by atoms with E-state index in [-0.39, 0.29) is 11.6 Å². The number of nitrogens with one attached hydrogen (secondary N) is 1. The summed E-state index contributed by atoms with van der Waals surface area (Å²) < 4.78 is 7.07. The quantitative estimate of drug-likeness (QED) is 0.473. The van der Waals surface area contributed by atoms with Gasteiger partial charge in [0.05, 0.1) is 13.7 Å². The summed E-state index contributed by atoms with van der Waals surface area (Å²) in [7, 11) is 3.77. The average molecular weight is 460 g/mol. The number of fused-ring (bicyclic) bond motifs is 1. The molecule has 0 radical (unpaired) electrons. The summed E-state index contributed by atoms with van der Waals surface area (Å²) in [5.74, 6) is 1.46. The summed E-state index contributed by atoms with van der Waals surface area (Å²) in [4.78, 5) is 21.0. The maximum atomic E-state index is 13.3. The number of rotatable bonds is 6. The summed E-state index contributed by atoms with van der Waals surface area (Å²) >= 11 is 0. The third kappa shape index (κ3) is 4.44. The maximum Gasteiger partial charge on any atom is 0.253 e. The van der Waals surface area contributed by atoms with Crippen molar-refractivity contribution >= 4 is 10.9 Å². The van der Waals surface area contributed by atoms with Crippen LogP contribution in [0.4, 0.5) is 0 Å². The molecule has 0 spiro atoms. The monoisotopic (exact) mass is 459 g/mol. The van der Waals surface area contributed by atoms with Crippen LogP contribution >= 0.6 is 0 Å². The van der Waals surface area contributed by atoms with Crippen LogP contribution in [0.15, 0.2) is 53.3 Å². The van der Waals surface area contributed by atoms with Crippen LogP contribution in [-0.2, 0) is 6.54 Å². The molecule has 0 bridgehead atoms. The van der Waals surface area contributed by atoms with Gasteiger partial charge in [0.2, 0.25) is 0 Å². The van der Waals surface area contributed by atoms with Crippen molar-refractivity contribution in [3.05, 3.63) is 81.4 Å². The number of ether oxygens (including phenoxy) is 1. The number of aromatic nitrogens is 5. The van der Waals surface area contributed by atoms with Gasteiger partial charge in [0, 0.05) is 37.3 Å². The van der Waals surface area contributed by atoms with Gasteiger partial charge >= 0.3 is 0 Å². The van der Waals surface area contributed by atoms with Crippen molar-refractivity contribution in [2.24, 2.45) is 0 Å². The molecule has 0 unspecified atom stereocenters. The standard InChI is InChI=1S/C25H29N7O2/c1-17-4-7-19-15-21(25(33)26-22(19)14-17)23(31-12-10-30(2)11-13-31)24-27-28-29-32(24)16-18-5-8-20(34-3)9-6-18/h4-9,14-15,23H,10-13,16H2,1-3H3,(H,26,33)/t23-/m1/s1. The van der Waals surface area contributed by atoms with Gasteiger partial charge in [-0.25, -0.2) is 4.68 Å². The summed E-state index contributed by atoms with van der Waals surface area (Å²) in [6.07, 6.45) is 0. The molecular formula is C25H29N7O2. The number of nitrogens with zero attached hydrogens (tertiary/aromatic N) is 6. The first-order chi connectivity index (χ1) is 16.5. The lowest BCUT2D eigenvalue weighted by Gasteiger charge is -2.37. The molecule has 34 heavy (non-hydrogen) atoms. The van der Waals surface area contributed by atoms with Crippen LogP contribution in [0.25, 0.3) is 10.9 Å². The van der Waals surface area contributed by atoms with Crippen molar-refractivity contribution in [1.82, 2.24) is 35.0 Å². The number of aryl methyl sites for hydroxylation is 1. The number of likely N-dealkylation sites (N-methyl/N-ethyl adjacent to an activating group) is 1. The van der Waals surface area contributed by atoms with Gasteiger partial charge in [0.25, 0.3) is 5.56 Å². The van der Waals surface area contributed by atoms with Gasteiger partial charge in [-0.1, -0.05) is 24.3 Å². The van der Waals surface area contributed by atoms with Gasteiger partial charge in [-0.2, -0.15) is 0 Å². The zero-order valence-corrected chi connectivity index (χ0v) is 19.7. The number of benzene rings is 2. The van der Waals surface area contributed by atoms with Gasteiger partial charge in [0.1, 0.15) is 11.8 Å². The summed E-state index contributed by atoms with van der Waals surface area (Å²) in [6, 6.07) is 15.6. The van der Waals surface area contributed by atoms with Crippen LogP contribution in [0.2, 0.25) is 0 Å². The second-order valence-corrected chi connectivity index (χ2v) is 8.93. The van der Waals surface area contributed by atoms with E-state index < -0.39 is 0 Å². The van der Waals surface area contributed by atoms with Gasteiger partial charge in [-0.3, -0.25) is 9.69 Å². The predicted octanol–water partition coefficient (Wildman–Crippen LogP) is 2.22. The molecule has 5 rings (SSSR count). The van der Waals surface area contributed by atoms with E-state index >= 15 is 0 Å². The number of hydrogen-bond donors (Lipinski definition) is 1. The Balaban J connectivity index is 1.57. The Morgan fingerprint density at radius 3 is 2.56 bits per heavy atom. The van der Waals surface area contributed by atoms with Crippen molar-refractivity contribution in [3.8, 4) is 5.75 Å². The summed E-state index contributed by atoms with van der Waals surface area (Å²) in [5.41, 5.74) is 3.54. The fourth-order valence-electron chi connectivity index (χ4n) is 4.54. The molecular weight excluding hydrogens is 430 g/mol. The van der Waals surface area contributed by atoms with E-state index in [0.29, 0.717) is 17.9 Å². The minimum Gasteiger partial charge on any atom is -0.497 e. The van der Waals surface area contributed by atoms with Crippen molar-refractivity contribution in [3.63, 3.8) is 0 Å². The Morgan fingerprint density at radius 1 is 1.06 bits per heavy atom. The third-order valence-electron chi connectivity index (χ3n) is 6.52. The number of pyridine rings is 1. The molecule has 176 valence electrons. The zero-order chi connectivity index (χ0) is 23.7. The van der Waals surface area contributed by atoms with Crippen molar-refractivity contribution in [2.45, 2.75) is 19.5 Å². The van der Waals surface area contributed by atoms with E-state index in [4.69, 9.17) is 4.74 Å². The van der Waals surface area contributed by atoms with E-state index in [1.807, 2.05) is 49.4 Å². The molecule has 1 atom stereocenters. The van der Waals surface area contributed by atoms with Crippen molar-refractivity contribution < 1.29 is 4.74 Å². The van der Waals surface area contributed by atoms with Crippen LogP contribution in [0.1, 0.15) is 28.6 Å². The fraction of sp³-hybridized carbons (Fsp3) is 0.360. The van der Waals surface area contributed by atoms with Gasteiger partial charge in [0.15, 0.2) is 5.82 Å². The Labute approximate surface area is 198 Å². The first-order valence-electron chi connectivity index (χ1n) is 11.5. The number of aromatic amines is 1. The number of methoxy groups -OCH3 is 1. The van der Waals surface area contributed by atoms with Crippen LogP contribution in [-0.4, -0.2) is 75.3 Å². The Bertz CT molecular complexity index is 1340. The molecule has 4 aromatic rings. The number of piperazine rings is 1. The Morgan fingerprint density at radius 2 is 1.82 bits per heavy atom. The van der Waals surface area contributed by atoms with Gasteiger partial charge in [-0.05, 0) is 65.2 Å². The topological polar surface area (TPSA) is 92.2 Å². The molecule has 0 saturated carbocycles. The molecule has 1 saturated heterocycles. The highest BCUT2D eigenvalue weighted by Gasteiger charge is 2.32. The highest BCUT2D eigenvalue weighted by Crippen LogP contribution is 2.28. The molecule has 0 amide bonds. The SMILES string of the molecule is COc1ccc(Cn2nnnc2[C@@H](c2cc3ccc(C)cc3[nH]c2=O)N2CCN(C)CC2)cc1. The molecule has 2 aromatic heterocycles. The summed E-state index contributed by atoms with van der Waals surface area (Å²) in [6.45, 7) is 6.00. The molecule has 1 aliphatic rings. The molecule has 0 aliphatic carbocycles. The largest absolute Gasteiger partial charge is 0.497 e. The van der Waals surface area contributed by atoms with E-state index in [2.05, 4.69) is 43.4 Å². The minimum atomic E-state index is -0.351. The Hall–Kier alpha value is -3.56. The van der Waals surface area contributed by atoms with Crippen LogP contribution in [0, 0.1) is 6.92 Å². The molecule has 1 N–H and O–H groups in total. The normalized spacial score (nSPS) is 16.1. The number of hydrogen-bond acceptors (Lipinski definition) is 7. The van der Waals surface area contributed by atoms with E-state index in [0.717, 1.165) is 54.0 Å². The van der Waals surface area contributed by atoms with E-state index in [1.54, 1.807) is 11.8 Å². The average Bonchev–Trinajstić information content (AvgIpc) is 3.29. The second kappa shape index (κ2) is 9.36. The number of tetrazole rings is 1. The highest BCUT2D eigenvalue weighted by atomic mass is 16.5. The van der Waals surface area contributed by atoms with Gasteiger partial charge in [-0.15, -0.1) is 5.10 Å². The first kappa shape index (κ1) is 22.2. The van der Waals surface area contributed by atoms with Crippen LogP contribution in [0.3, 0.4) is 0 Å². The van der Waals surface area contributed by atoms with Crippen LogP contribution in [0.5, 0.6) is 5.75 Å². The molecule has 2 aromatic carbocycles. The van der Waals surface area contributed by atoms with Crippen LogP contribution < -0.4 is 10.3 Å². The van der Waals surface area contributed by atoms with E-state index in [9.17, 15) is 4.79 Å². The highest BCUT2D eigenvalue weighted by molar-refractivity contribution is 5.79. The fourth-order valence-corrected chi connectivity index (χ4v) is 4.54. The lowest BCUT2D eigenvalue weighted by molar-refractivity contribution is 0.121. The van der Waals surface area contributed by atoms with Crippen molar-refractivity contribution in [1.29, 1.82) is 0 Å². The maximum absolute atomic E-state index is 13.3. The lowest BCUT2D eigenvalue weighted by atomic mass is 10.0. The summed E-state index contributed by atoms with van der Waals surface area (Å²) in [5, 5.41) is 13.7. The third-order valence-corrected chi connectivity index (χ3v) is 6.52. The molecule has 3 heterocycles.